The van der Waals surface area contributed by atoms with E-state index in [2.05, 4.69) is 27.3 Å². The number of hydrogen-bond acceptors (Lipinski definition) is 3. The third-order valence-electron chi connectivity index (χ3n) is 4.17. The van der Waals surface area contributed by atoms with E-state index in [1.807, 2.05) is 13.1 Å². The molecular weight excluding hydrogens is 210 g/mol. The third kappa shape index (κ3) is 2.50. The summed E-state index contributed by atoms with van der Waals surface area (Å²) in [6.45, 7) is 8.07. The SMILES string of the molecule is Cc1ccc(CN2CCC3CNCC3C2)cn1. The van der Waals surface area contributed by atoms with E-state index in [4.69, 9.17) is 0 Å². The van der Waals surface area contributed by atoms with Gasteiger partial charge in [-0.2, -0.15) is 0 Å². The molecule has 2 fully saturated rings. The van der Waals surface area contributed by atoms with E-state index in [0.717, 1.165) is 24.1 Å². The van der Waals surface area contributed by atoms with Crippen LogP contribution in [0.1, 0.15) is 17.7 Å². The van der Waals surface area contributed by atoms with Crippen molar-refractivity contribution in [3.05, 3.63) is 29.6 Å². The Morgan fingerprint density at radius 3 is 3.06 bits per heavy atom. The Bertz CT molecular complexity index is 374. The normalized spacial score (nSPS) is 29.2. The second-order valence-electron chi connectivity index (χ2n) is 5.51. The molecule has 0 aromatic carbocycles. The van der Waals surface area contributed by atoms with Crippen LogP contribution < -0.4 is 5.32 Å². The molecule has 0 bridgehead atoms. The van der Waals surface area contributed by atoms with Gasteiger partial charge in [-0.1, -0.05) is 6.07 Å². The summed E-state index contributed by atoms with van der Waals surface area (Å²) in [4.78, 5) is 6.96. The molecule has 0 aliphatic carbocycles. The first kappa shape index (κ1) is 11.2. The lowest BCUT2D eigenvalue weighted by Gasteiger charge is -2.34. The van der Waals surface area contributed by atoms with E-state index in [1.165, 1.54) is 38.2 Å². The standard InChI is InChI=1S/C14H21N3/c1-11-2-3-12(6-16-11)9-17-5-4-13-7-15-8-14(13)10-17/h2-3,6,13-15H,4-5,7-10H2,1H3. The molecule has 2 atom stereocenters. The number of aryl methyl sites for hydroxylation is 1. The van der Waals surface area contributed by atoms with Gasteiger partial charge in [-0.3, -0.25) is 9.88 Å². The first-order valence-corrected chi connectivity index (χ1v) is 6.66. The monoisotopic (exact) mass is 231 g/mol. The quantitative estimate of drug-likeness (QED) is 0.834. The van der Waals surface area contributed by atoms with Gasteiger partial charge in [0.05, 0.1) is 0 Å². The number of likely N-dealkylation sites (tertiary alicyclic amines) is 1. The zero-order valence-corrected chi connectivity index (χ0v) is 10.5. The Balaban J connectivity index is 1.60. The number of fused-ring (bicyclic) bond motifs is 1. The van der Waals surface area contributed by atoms with Crippen LogP contribution in [0.4, 0.5) is 0 Å². The Labute approximate surface area is 103 Å². The third-order valence-corrected chi connectivity index (χ3v) is 4.17. The number of nitrogens with one attached hydrogen (secondary N) is 1. The Hall–Kier alpha value is -0.930. The molecule has 1 aromatic rings. The van der Waals surface area contributed by atoms with E-state index in [0.29, 0.717) is 0 Å². The van der Waals surface area contributed by atoms with Crippen molar-refractivity contribution in [3.63, 3.8) is 0 Å². The van der Waals surface area contributed by atoms with Crippen molar-refractivity contribution in [2.24, 2.45) is 11.8 Å². The van der Waals surface area contributed by atoms with Gasteiger partial charge in [-0.05, 0) is 56.4 Å². The predicted molar refractivity (Wildman–Crippen MR) is 68.7 cm³/mol. The maximum Gasteiger partial charge on any atom is 0.0372 e. The van der Waals surface area contributed by atoms with Gasteiger partial charge in [-0.15, -0.1) is 0 Å². The summed E-state index contributed by atoms with van der Waals surface area (Å²) < 4.78 is 0. The van der Waals surface area contributed by atoms with Gasteiger partial charge in [-0.25, -0.2) is 0 Å². The highest BCUT2D eigenvalue weighted by Gasteiger charge is 2.32. The first-order valence-electron chi connectivity index (χ1n) is 6.66. The molecule has 1 aromatic heterocycles. The van der Waals surface area contributed by atoms with Gasteiger partial charge < -0.3 is 5.32 Å². The van der Waals surface area contributed by atoms with Gasteiger partial charge in [0.1, 0.15) is 0 Å². The number of hydrogen-bond donors (Lipinski definition) is 1. The molecule has 17 heavy (non-hydrogen) atoms. The molecule has 2 aliphatic heterocycles. The highest BCUT2D eigenvalue weighted by molar-refractivity contribution is 5.13. The summed E-state index contributed by atoms with van der Waals surface area (Å²) in [6, 6.07) is 4.32. The number of piperidine rings is 1. The highest BCUT2D eigenvalue weighted by Crippen LogP contribution is 2.27. The summed E-state index contributed by atoms with van der Waals surface area (Å²) in [5.74, 6) is 1.81. The summed E-state index contributed by atoms with van der Waals surface area (Å²) in [5, 5.41) is 3.52. The fraction of sp³-hybridized carbons (Fsp3) is 0.643. The minimum Gasteiger partial charge on any atom is -0.316 e. The van der Waals surface area contributed by atoms with Crippen LogP contribution in [0.3, 0.4) is 0 Å². The Morgan fingerprint density at radius 2 is 2.24 bits per heavy atom. The maximum atomic E-state index is 4.37. The van der Waals surface area contributed by atoms with E-state index < -0.39 is 0 Å². The summed E-state index contributed by atoms with van der Waals surface area (Å²) in [5.41, 5.74) is 2.45. The average molecular weight is 231 g/mol. The van der Waals surface area contributed by atoms with Gasteiger partial charge in [0, 0.05) is 25.0 Å². The van der Waals surface area contributed by atoms with Gasteiger partial charge in [0.2, 0.25) is 0 Å². The van der Waals surface area contributed by atoms with Gasteiger partial charge >= 0.3 is 0 Å². The molecule has 0 radical (unpaired) electrons. The zero-order valence-electron chi connectivity index (χ0n) is 10.5. The molecule has 92 valence electrons. The Kier molecular flexibility index (Phi) is 3.12. The van der Waals surface area contributed by atoms with Crippen LogP contribution in [0.15, 0.2) is 18.3 Å². The summed E-state index contributed by atoms with van der Waals surface area (Å²) in [6.07, 6.45) is 3.38. The van der Waals surface area contributed by atoms with Crippen molar-refractivity contribution in [1.29, 1.82) is 0 Å². The molecule has 0 saturated carbocycles. The minimum atomic E-state index is 0.877. The fourth-order valence-corrected chi connectivity index (χ4v) is 3.10. The van der Waals surface area contributed by atoms with Crippen LogP contribution in [0, 0.1) is 18.8 Å². The molecule has 2 saturated heterocycles. The minimum absolute atomic E-state index is 0.877. The van der Waals surface area contributed by atoms with E-state index in [9.17, 15) is 0 Å². The second-order valence-corrected chi connectivity index (χ2v) is 5.51. The number of rotatable bonds is 2. The van der Waals surface area contributed by atoms with Crippen molar-refractivity contribution in [2.45, 2.75) is 19.9 Å². The average Bonchev–Trinajstić information content (AvgIpc) is 2.79. The molecule has 2 unspecified atom stereocenters. The fourth-order valence-electron chi connectivity index (χ4n) is 3.10. The molecule has 0 spiro atoms. The molecule has 2 aliphatic rings. The van der Waals surface area contributed by atoms with Crippen LogP contribution in [0.2, 0.25) is 0 Å². The number of pyridine rings is 1. The Morgan fingerprint density at radius 1 is 1.35 bits per heavy atom. The molecule has 0 amide bonds. The second kappa shape index (κ2) is 4.75. The van der Waals surface area contributed by atoms with Crippen LogP contribution >= 0.6 is 0 Å². The van der Waals surface area contributed by atoms with Crippen molar-refractivity contribution >= 4 is 0 Å². The molecule has 3 heterocycles. The number of aromatic nitrogens is 1. The first-order chi connectivity index (χ1) is 8.31. The van der Waals surface area contributed by atoms with E-state index in [-0.39, 0.29) is 0 Å². The summed E-state index contributed by atoms with van der Waals surface area (Å²) in [7, 11) is 0. The lowest BCUT2D eigenvalue weighted by Crippen LogP contribution is -2.39. The topological polar surface area (TPSA) is 28.2 Å². The van der Waals surface area contributed by atoms with Crippen molar-refractivity contribution < 1.29 is 0 Å². The van der Waals surface area contributed by atoms with Gasteiger partial charge in [0.15, 0.2) is 0 Å². The lowest BCUT2D eigenvalue weighted by atomic mass is 9.88. The smallest absolute Gasteiger partial charge is 0.0372 e. The maximum absolute atomic E-state index is 4.37. The molecule has 3 nitrogen and oxygen atoms in total. The molecule has 1 N–H and O–H groups in total. The largest absolute Gasteiger partial charge is 0.316 e. The van der Waals surface area contributed by atoms with E-state index in [1.54, 1.807) is 0 Å². The molecule has 3 heteroatoms. The van der Waals surface area contributed by atoms with Crippen molar-refractivity contribution in [1.82, 2.24) is 15.2 Å². The van der Waals surface area contributed by atoms with Crippen LogP contribution in [0.5, 0.6) is 0 Å². The highest BCUT2D eigenvalue weighted by atomic mass is 15.1. The number of nitrogens with zero attached hydrogens (tertiary/aromatic N) is 2. The van der Waals surface area contributed by atoms with Crippen molar-refractivity contribution in [2.75, 3.05) is 26.2 Å². The molecule has 3 rings (SSSR count). The summed E-state index contributed by atoms with van der Waals surface area (Å²) >= 11 is 0. The zero-order chi connectivity index (χ0) is 11.7. The van der Waals surface area contributed by atoms with Crippen LogP contribution in [0.25, 0.3) is 0 Å². The molecular formula is C14H21N3. The predicted octanol–water partition coefficient (Wildman–Crippen LogP) is 1.43. The van der Waals surface area contributed by atoms with E-state index >= 15 is 0 Å². The van der Waals surface area contributed by atoms with Gasteiger partial charge in [0.25, 0.3) is 0 Å². The van der Waals surface area contributed by atoms with Crippen LogP contribution in [-0.4, -0.2) is 36.1 Å². The van der Waals surface area contributed by atoms with Crippen LogP contribution in [-0.2, 0) is 6.54 Å². The van der Waals surface area contributed by atoms with Crippen molar-refractivity contribution in [3.8, 4) is 0 Å². The lowest BCUT2D eigenvalue weighted by molar-refractivity contribution is 0.142.